The summed E-state index contributed by atoms with van der Waals surface area (Å²) in [5.74, 6) is 1.47. The van der Waals surface area contributed by atoms with Crippen molar-refractivity contribution in [2.75, 3.05) is 0 Å². The van der Waals surface area contributed by atoms with Gasteiger partial charge in [-0.05, 0) is 74.9 Å². The fraction of sp³-hybridized carbons (Fsp3) is 0.200. The van der Waals surface area contributed by atoms with E-state index in [1.807, 2.05) is 62.4 Å². The topological polar surface area (TPSA) is 51.6 Å². The Balaban J connectivity index is 1.24. The van der Waals surface area contributed by atoms with Gasteiger partial charge in [0.05, 0.1) is 22.8 Å². The van der Waals surface area contributed by atoms with Gasteiger partial charge in [-0.15, -0.1) is 0 Å². The van der Waals surface area contributed by atoms with Crippen molar-refractivity contribution < 1.29 is 0 Å². The minimum atomic E-state index is -0.0506. The van der Waals surface area contributed by atoms with E-state index in [4.69, 9.17) is 19.9 Å². The minimum absolute atomic E-state index is 0.0506. The molecular weight excluding hydrogens is 657 g/mol. The molecule has 268 valence electrons. The molecule has 0 radical (unpaired) electrons. The molecule has 0 amide bonds. The van der Waals surface area contributed by atoms with E-state index in [9.17, 15) is 0 Å². The number of rotatable bonds is 10. The average molecular weight is 705 g/mol. The van der Waals surface area contributed by atoms with Gasteiger partial charge in [0, 0.05) is 27.7 Å². The molecular formula is C50H48N4. The Morgan fingerprint density at radius 3 is 1.28 bits per heavy atom. The maximum atomic E-state index is 5.08. The fourth-order valence-electron chi connectivity index (χ4n) is 7.50. The molecule has 0 N–H and O–H groups in total. The van der Waals surface area contributed by atoms with Crippen molar-refractivity contribution in [1.82, 2.24) is 19.9 Å². The first-order valence-corrected chi connectivity index (χ1v) is 19.2. The third kappa shape index (κ3) is 7.99. The normalized spacial score (nSPS) is 14.9. The highest BCUT2D eigenvalue weighted by Crippen LogP contribution is 2.46. The molecule has 0 saturated heterocycles. The molecule has 0 aliphatic heterocycles. The van der Waals surface area contributed by atoms with Crippen LogP contribution in [0.5, 0.6) is 0 Å². The van der Waals surface area contributed by atoms with E-state index in [2.05, 4.69) is 123 Å². The molecule has 1 aliphatic carbocycles. The lowest BCUT2D eigenvalue weighted by molar-refractivity contribution is 0.346. The van der Waals surface area contributed by atoms with Gasteiger partial charge in [0.1, 0.15) is 0 Å². The standard InChI is InChI=1S/C50H48N4/c1-5-7-18-36(3)44-34-46(53-48(51-44)40-20-12-9-13-21-40)38-24-28-42(29-25-38)50(32-16-11-17-33-50)43-30-26-39(27-31-43)47-35-45(37(4)19-8-6-2)52-49(54-47)41-22-14-10-15-23-41/h5-10,12-15,18-31,34-35H,11,16-17,32-33H2,1-4H3/b7-5-,8-6-,36-18+,37-19+. The first kappa shape index (κ1) is 36.4. The van der Waals surface area contributed by atoms with Gasteiger partial charge >= 0.3 is 0 Å². The molecule has 6 aromatic rings. The Kier molecular flexibility index (Phi) is 11.3. The van der Waals surface area contributed by atoms with Crippen LogP contribution in [0.15, 0.2) is 158 Å². The minimum Gasteiger partial charge on any atom is -0.228 e. The zero-order chi connectivity index (χ0) is 37.3. The van der Waals surface area contributed by atoms with Crippen molar-refractivity contribution >= 4 is 11.1 Å². The third-order valence-electron chi connectivity index (χ3n) is 10.6. The molecule has 1 aliphatic rings. The monoisotopic (exact) mass is 704 g/mol. The Labute approximate surface area is 320 Å². The second-order valence-corrected chi connectivity index (χ2v) is 14.2. The summed E-state index contributed by atoms with van der Waals surface area (Å²) in [6.45, 7) is 8.27. The van der Waals surface area contributed by atoms with Crippen LogP contribution in [0, 0.1) is 0 Å². The molecule has 0 bridgehead atoms. The predicted octanol–water partition coefficient (Wildman–Crippen LogP) is 13.1. The van der Waals surface area contributed by atoms with E-state index >= 15 is 0 Å². The van der Waals surface area contributed by atoms with Crippen molar-refractivity contribution in [3.8, 4) is 45.3 Å². The molecule has 2 aromatic heterocycles. The summed E-state index contributed by atoms with van der Waals surface area (Å²) >= 11 is 0. The van der Waals surface area contributed by atoms with Crippen LogP contribution >= 0.6 is 0 Å². The van der Waals surface area contributed by atoms with Crippen molar-refractivity contribution in [3.63, 3.8) is 0 Å². The Morgan fingerprint density at radius 1 is 0.481 bits per heavy atom. The quantitative estimate of drug-likeness (QED) is 0.133. The lowest BCUT2D eigenvalue weighted by Crippen LogP contribution is -2.30. The highest BCUT2D eigenvalue weighted by Gasteiger charge is 2.35. The van der Waals surface area contributed by atoms with E-state index < -0.39 is 0 Å². The number of allylic oxidation sites excluding steroid dienone is 8. The largest absolute Gasteiger partial charge is 0.228 e. The molecule has 1 saturated carbocycles. The second kappa shape index (κ2) is 16.8. The molecule has 1 fully saturated rings. The summed E-state index contributed by atoms with van der Waals surface area (Å²) in [5, 5.41) is 0. The molecule has 0 unspecified atom stereocenters. The van der Waals surface area contributed by atoms with E-state index in [1.165, 1.54) is 30.4 Å². The lowest BCUT2D eigenvalue weighted by Gasteiger charge is -2.39. The van der Waals surface area contributed by atoms with Crippen molar-refractivity contribution in [2.45, 2.75) is 65.2 Å². The molecule has 0 spiro atoms. The van der Waals surface area contributed by atoms with Crippen LogP contribution in [0.25, 0.3) is 56.4 Å². The summed E-state index contributed by atoms with van der Waals surface area (Å²) in [5.41, 5.74) is 12.8. The number of hydrogen-bond acceptors (Lipinski definition) is 4. The van der Waals surface area contributed by atoms with Gasteiger partial charge in [0.25, 0.3) is 0 Å². The molecule has 7 rings (SSSR count). The molecule has 54 heavy (non-hydrogen) atoms. The molecule has 2 heterocycles. The zero-order valence-electron chi connectivity index (χ0n) is 31.8. The summed E-state index contributed by atoms with van der Waals surface area (Å²) in [6.07, 6.45) is 18.4. The van der Waals surface area contributed by atoms with Gasteiger partial charge in [-0.1, -0.05) is 165 Å². The van der Waals surface area contributed by atoms with Crippen LogP contribution in [0.2, 0.25) is 0 Å². The van der Waals surface area contributed by atoms with Crippen molar-refractivity contribution in [1.29, 1.82) is 0 Å². The van der Waals surface area contributed by atoms with Crippen molar-refractivity contribution in [3.05, 3.63) is 180 Å². The molecule has 4 heteroatoms. The number of nitrogens with zero attached hydrogens (tertiary/aromatic N) is 4. The van der Waals surface area contributed by atoms with E-state index in [-0.39, 0.29) is 5.41 Å². The van der Waals surface area contributed by atoms with Crippen LogP contribution < -0.4 is 0 Å². The van der Waals surface area contributed by atoms with Gasteiger partial charge in [-0.2, -0.15) is 0 Å². The summed E-state index contributed by atoms with van der Waals surface area (Å²) in [4.78, 5) is 20.1. The fourth-order valence-corrected chi connectivity index (χ4v) is 7.50. The summed E-state index contributed by atoms with van der Waals surface area (Å²) < 4.78 is 0. The number of hydrogen-bond donors (Lipinski definition) is 0. The van der Waals surface area contributed by atoms with Crippen LogP contribution in [-0.2, 0) is 5.41 Å². The molecule has 0 atom stereocenters. The van der Waals surface area contributed by atoms with E-state index in [0.717, 1.165) is 80.7 Å². The Hall–Kier alpha value is -6.00. The second-order valence-electron chi connectivity index (χ2n) is 14.2. The van der Waals surface area contributed by atoms with Gasteiger partial charge in [0.15, 0.2) is 11.6 Å². The maximum Gasteiger partial charge on any atom is 0.160 e. The van der Waals surface area contributed by atoms with Crippen molar-refractivity contribution in [2.24, 2.45) is 0 Å². The molecule has 4 nitrogen and oxygen atoms in total. The van der Waals surface area contributed by atoms with Crippen LogP contribution in [0.3, 0.4) is 0 Å². The lowest BCUT2D eigenvalue weighted by atomic mass is 9.65. The Bertz CT molecular complexity index is 2150. The first-order valence-electron chi connectivity index (χ1n) is 19.2. The highest BCUT2D eigenvalue weighted by atomic mass is 14.9. The van der Waals surface area contributed by atoms with Gasteiger partial charge < -0.3 is 0 Å². The van der Waals surface area contributed by atoms with Gasteiger partial charge in [0.2, 0.25) is 0 Å². The van der Waals surface area contributed by atoms with Crippen LogP contribution in [0.1, 0.15) is 82.3 Å². The summed E-state index contributed by atoms with van der Waals surface area (Å²) in [7, 11) is 0. The number of benzene rings is 4. The molecule has 4 aromatic carbocycles. The van der Waals surface area contributed by atoms with Crippen LogP contribution in [0.4, 0.5) is 0 Å². The van der Waals surface area contributed by atoms with E-state index in [0.29, 0.717) is 0 Å². The predicted molar refractivity (Wildman–Crippen MR) is 227 cm³/mol. The third-order valence-corrected chi connectivity index (χ3v) is 10.6. The SMILES string of the molecule is C/C=C\C=C(/C)c1cc(-c2ccc(C3(c4ccc(-c5cc(/C(C)=C/C=C\C)nc(-c6ccccc6)n5)cc4)CCCCC3)cc2)nc(-c2ccccc2)n1. The zero-order valence-corrected chi connectivity index (χ0v) is 31.8. The number of aromatic nitrogens is 4. The average Bonchev–Trinajstić information content (AvgIpc) is 3.25. The van der Waals surface area contributed by atoms with E-state index in [1.54, 1.807) is 0 Å². The van der Waals surface area contributed by atoms with Gasteiger partial charge in [-0.3, -0.25) is 0 Å². The first-order chi connectivity index (χ1) is 26.5. The smallest absolute Gasteiger partial charge is 0.160 e. The van der Waals surface area contributed by atoms with Gasteiger partial charge in [-0.25, -0.2) is 19.9 Å². The maximum absolute atomic E-state index is 5.08. The summed E-state index contributed by atoms with van der Waals surface area (Å²) in [6, 6.07) is 43.1. The van der Waals surface area contributed by atoms with Crippen LogP contribution in [-0.4, -0.2) is 19.9 Å². The Morgan fingerprint density at radius 2 is 0.889 bits per heavy atom. The highest BCUT2D eigenvalue weighted by molar-refractivity contribution is 5.73.